The number of para-hydroxylation sites is 1. The molecule has 3 aromatic rings. The second kappa shape index (κ2) is 7.36. The predicted octanol–water partition coefficient (Wildman–Crippen LogP) is 4.66. The molecule has 2 amide bonds. The number of carbonyl (C=O) groups is 2. The molecule has 5 rings (SSSR count). The number of aryl methyl sites for hydroxylation is 3. The van der Waals surface area contributed by atoms with E-state index in [0.29, 0.717) is 5.69 Å². The molecular formula is C26H24N2O3. The van der Waals surface area contributed by atoms with E-state index in [1.54, 1.807) is 5.06 Å². The van der Waals surface area contributed by atoms with Crippen LogP contribution in [0.15, 0.2) is 72.8 Å². The Bertz CT molecular complexity index is 1160. The number of hydrogen-bond donors (Lipinski definition) is 0. The molecule has 2 aliphatic rings. The van der Waals surface area contributed by atoms with Gasteiger partial charge in [0.25, 0.3) is 5.91 Å². The van der Waals surface area contributed by atoms with Gasteiger partial charge in [-0.2, -0.15) is 0 Å². The maximum Gasteiger partial charge on any atom is 0.266 e. The minimum Gasteiger partial charge on any atom is -0.273 e. The third-order valence-electron chi connectivity index (χ3n) is 6.29. The summed E-state index contributed by atoms with van der Waals surface area (Å²) < 4.78 is 0. The Morgan fingerprint density at radius 1 is 0.742 bits per heavy atom. The number of rotatable bonds is 3. The van der Waals surface area contributed by atoms with Gasteiger partial charge in [0.05, 0.1) is 17.4 Å². The topological polar surface area (TPSA) is 49.9 Å². The largest absolute Gasteiger partial charge is 0.273 e. The Hall–Kier alpha value is -3.44. The highest BCUT2D eigenvalue weighted by Gasteiger charge is 2.60. The minimum absolute atomic E-state index is 0.220. The van der Waals surface area contributed by atoms with Crippen LogP contribution in [0.5, 0.6) is 0 Å². The first kappa shape index (κ1) is 19.5. The molecule has 2 heterocycles. The Morgan fingerprint density at radius 2 is 1.45 bits per heavy atom. The molecule has 156 valence electrons. The maximum absolute atomic E-state index is 13.6. The van der Waals surface area contributed by atoms with Crippen LogP contribution in [0.3, 0.4) is 0 Å². The van der Waals surface area contributed by atoms with Crippen LogP contribution in [0.4, 0.5) is 11.4 Å². The molecule has 0 aliphatic carbocycles. The summed E-state index contributed by atoms with van der Waals surface area (Å²) in [6, 6.07) is 23.0. The number of carbonyl (C=O) groups excluding carboxylic acids is 2. The van der Waals surface area contributed by atoms with Gasteiger partial charge in [0.1, 0.15) is 5.92 Å². The van der Waals surface area contributed by atoms with Crippen molar-refractivity contribution in [2.24, 2.45) is 5.92 Å². The molecule has 2 saturated heterocycles. The number of imide groups is 1. The minimum atomic E-state index is -0.847. The van der Waals surface area contributed by atoms with Crippen molar-refractivity contribution < 1.29 is 14.4 Å². The lowest BCUT2D eigenvalue weighted by molar-refractivity contribution is -0.126. The molecule has 31 heavy (non-hydrogen) atoms. The van der Waals surface area contributed by atoms with Gasteiger partial charge in [0.15, 0.2) is 6.10 Å². The van der Waals surface area contributed by atoms with E-state index in [2.05, 4.69) is 0 Å². The Labute approximate surface area is 181 Å². The van der Waals surface area contributed by atoms with E-state index in [1.807, 2.05) is 93.6 Å². The zero-order valence-electron chi connectivity index (χ0n) is 17.8. The van der Waals surface area contributed by atoms with Crippen molar-refractivity contribution in [3.05, 3.63) is 95.1 Å². The van der Waals surface area contributed by atoms with Gasteiger partial charge in [0.2, 0.25) is 5.91 Å². The van der Waals surface area contributed by atoms with Gasteiger partial charge in [-0.1, -0.05) is 54.1 Å². The van der Waals surface area contributed by atoms with Gasteiger partial charge in [-0.25, -0.2) is 9.96 Å². The standard InChI is InChI=1S/C26H24N2O3/c1-16-9-12-19(13-10-16)23-22-24(31-28(23)20-7-5-4-6-8-20)26(30)27(25(22)29)21-14-11-17(2)18(3)15-21/h4-15,22-24H,1-3H3/t22-,23-,24-/m1/s1. The summed E-state index contributed by atoms with van der Waals surface area (Å²) in [5, 5.41) is 1.73. The Morgan fingerprint density at radius 3 is 2.13 bits per heavy atom. The van der Waals surface area contributed by atoms with Crippen LogP contribution in [-0.4, -0.2) is 17.9 Å². The van der Waals surface area contributed by atoms with Crippen molar-refractivity contribution >= 4 is 23.2 Å². The quantitative estimate of drug-likeness (QED) is 0.587. The van der Waals surface area contributed by atoms with Gasteiger partial charge >= 0.3 is 0 Å². The van der Waals surface area contributed by atoms with E-state index < -0.39 is 12.0 Å². The summed E-state index contributed by atoms with van der Waals surface area (Å²) in [6.45, 7) is 6.02. The fraction of sp³-hybridized carbons (Fsp3) is 0.231. The predicted molar refractivity (Wildman–Crippen MR) is 120 cm³/mol. The molecule has 3 atom stereocenters. The number of nitrogens with zero attached hydrogens (tertiary/aromatic N) is 2. The van der Waals surface area contributed by atoms with Gasteiger partial charge < -0.3 is 0 Å². The highest BCUT2D eigenvalue weighted by atomic mass is 16.7. The lowest BCUT2D eigenvalue weighted by Crippen LogP contribution is -2.37. The highest BCUT2D eigenvalue weighted by Crippen LogP contribution is 2.47. The van der Waals surface area contributed by atoms with E-state index in [0.717, 1.165) is 27.9 Å². The second-order valence-electron chi connectivity index (χ2n) is 8.35. The zero-order chi connectivity index (χ0) is 21.7. The Balaban J connectivity index is 1.58. The molecule has 0 unspecified atom stereocenters. The van der Waals surface area contributed by atoms with Gasteiger partial charge in [-0.3, -0.25) is 14.4 Å². The molecule has 0 radical (unpaired) electrons. The van der Waals surface area contributed by atoms with E-state index in [9.17, 15) is 9.59 Å². The second-order valence-corrected chi connectivity index (χ2v) is 8.35. The molecule has 0 bridgehead atoms. The first-order valence-corrected chi connectivity index (χ1v) is 10.5. The van der Waals surface area contributed by atoms with E-state index >= 15 is 0 Å². The smallest absolute Gasteiger partial charge is 0.266 e. The van der Waals surface area contributed by atoms with E-state index in [-0.39, 0.29) is 17.9 Å². The molecular weight excluding hydrogens is 388 g/mol. The van der Waals surface area contributed by atoms with E-state index in [1.165, 1.54) is 4.90 Å². The van der Waals surface area contributed by atoms with Crippen molar-refractivity contribution in [1.82, 2.24) is 0 Å². The normalized spacial score (nSPS) is 22.9. The van der Waals surface area contributed by atoms with E-state index in [4.69, 9.17) is 4.84 Å². The summed E-state index contributed by atoms with van der Waals surface area (Å²) in [6.07, 6.45) is -0.847. The summed E-state index contributed by atoms with van der Waals surface area (Å²) in [5.74, 6) is -1.15. The molecule has 5 heteroatoms. The third-order valence-corrected chi connectivity index (χ3v) is 6.29. The molecule has 2 fully saturated rings. The van der Waals surface area contributed by atoms with Crippen molar-refractivity contribution in [3.63, 3.8) is 0 Å². The van der Waals surface area contributed by atoms with Crippen molar-refractivity contribution in [1.29, 1.82) is 0 Å². The summed E-state index contributed by atoms with van der Waals surface area (Å²) in [7, 11) is 0. The molecule has 0 N–H and O–H groups in total. The van der Waals surface area contributed by atoms with Gasteiger partial charge in [0, 0.05) is 0 Å². The first-order chi connectivity index (χ1) is 15.0. The first-order valence-electron chi connectivity index (χ1n) is 10.5. The molecule has 5 nitrogen and oxygen atoms in total. The summed E-state index contributed by atoms with van der Waals surface area (Å²) in [5.41, 5.74) is 5.66. The molecule has 3 aromatic carbocycles. The van der Waals surface area contributed by atoms with Crippen molar-refractivity contribution in [3.8, 4) is 0 Å². The van der Waals surface area contributed by atoms with Crippen LogP contribution < -0.4 is 9.96 Å². The lowest BCUT2D eigenvalue weighted by atomic mass is 9.90. The van der Waals surface area contributed by atoms with Crippen LogP contribution >= 0.6 is 0 Å². The van der Waals surface area contributed by atoms with Crippen molar-refractivity contribution in [2.75, 3.05) is 9.96 Å². The van der Waals surface area contributed by atoms with Crippen molar-refractivity contribution in [2.45, 2.75) is 32.9 Å². The SMILES string of the molecule is Cc1ccc([C@@H]2[C@H]3C(=O)N(c4ccc(C)c(C)c4)C(=O)[C@@H]3ON2c2ccccc2)cc1. The number of anilines is 2. The van der Waals surface area contributed by atoms with Crippen LogP contribution in [0.1, 0.15) is 28.3 Å². The number of fused-ring (bicyclic) bond motifs is 1. The fourth-order valence-corrected chi connectivity index (χ4v) is 4.43. The zero-order valence-corrected chi connectivity index (χ0v) is 17.8. The molecule has 0 aromatic heterocycles. The fourth-order valence-electron chi connectivity index (χ4n) is 4.43. The molecule has 0 saturated carbocycles. The number of benzene rings is 3. The van der Waals surface area contributed by atoms with Gasteiger partial charge in [-0.05, 0) is 61.7 Å². The summed E-state index contributed by atoms with van der Waals surface area (Å²) >= 11 is 0. The average molecular weight is 412 g/mol. The average Bonchev–Trinajstić information content (AvgIpc) is 3.28. The van der Waals surface area contributed by atoms with Gasteiger partial charge in [-0.15, -0.1) is 0 Å². The van der Waals surface area contributed by atoms with Crippen LogP contribution in [0.25, 0.3) is 0 Å². The molecule has 2 aliphatic heterocycles. The van der Waals surface area contributed by atoms with Crippen LogP contribution in [0.2, 0.25) is 0 Å². The molecule has 0 spiro atoms. The maximum atomic E-state index is 13.6. The number of hydrogen-bond acceptors (Lipinski definition) is 4. The number of amides is 2. The highest BCUT2D eigenvalue weighted by molar-refractivity contribution is 6.24. The summed E-state index contributed by atoms with van der Waals surface area (Å²) in [4.78, 5) is 34.5. The lowest BCUT2D eigenvalue weighted by Gasteiger charge is -2.29. The van der Waals surface area contributed by atoms with Crippen LogP contribution in [0, 0.1) is 26.7 Å². The van der Waals surface area contributed by atoms with Crippen LogP contribution in [-0.2, 0) is 14.4 Å². The monoisotopic (exact) mass is 412 g/mol. The Kier molecular flexibility index (Phi) is 4.63. The number of hydroxylamine groups is 1. The third kappa shape index (κ3) is 3.13.